The lowest BCUT2D eigenvalue weighted by molar-refractivity contribution is 0.620. The van der Waals surface area contributed by atoms with Crippen LogP contribution >= 0.6 is 27.7 Å². The van der Waals surface area contributed by atoms with Crippen LogP contribution in [0.25, 0.3) is 0 Å². The van der Waals surface area contributed by atoms with E-state index in [1.165, 1.54) is 12.1 Å². The van der Waals surface area contributed by atoms with Crippen LogP contribution in [-0.4, -0.2) is 18.1 Å². The summed E-state index contributed by atoms with van der Waals surface area (Å²) < 4.78 is 13.6. The molecule has 0 spiro atoms. The maximum absolute atomic E-state index is 12.8. The van der Waals surface area contributed by atoms with Gasteiger partial charge in [-0.2, -0.15) is 11.8 Å². The Kier molecular flexibility index (Phi) is 5.64. The SMILES string of the molecule is CSCCC(N)Cc1ccc(F)cc1Br. The molecular formula is C11H15BrFNS. The Bertz CT molecular complexity index is 319. The zero-order valence-electron chi connectivity index (χ0n) is 8.67. The zero-order chi connectivity index (χ0) is 11.3. The first-order chi connectivity index (χ1) is 7.13. The Morgan fingerprint density at radius 1 is 1.53 bits per heavy atom. The minimum absolute atomic E-state index is 0.152. The van der Waals surface area contributed by atoms with Crippen molar-refractivity contribution >= 4 is 27.7 Å². The lowest BCUT2D eigenvalue weighted by Crippen LogP contribution is -2.23. The summed E-state index contributed by atoms with van der Waals surface area (Å²) in [4.78, 5) is 0. The molecule has 1 nitrogen and oxygen atoms in total. The van der Waals surface area contributed by atoms with Crippen LogP contribution in [0.3, 0.4) is 0 Å². The van der Waals surface area contributed by atoms with Crippen molar-refractivity contribution in [2.75, 3.05) is 12.0 Å². The van der Waals surface area contributed by atoms with Gasteiger partial charge in [0.2, 0.25) is 0 Å². The lowest BCUT2D eigenvalue weighted by atomic mass is 10.0. The van der Waals surface area contributed by atoms with Crippen molar-refractivity contribution < 1.29 is 4.39 Å². The summed E-state index contributed by atoms with van der Waals surface area (Å²) in [5.74, 6) is 0.850. The number of hydrogen-bond acceptors (Lipinski definition) is 2. The Hall–Kier alpha value is -0.0600. The second-order valence-corrected chi connectivity index (χ2v) is 5.32. The van der Waals surface area contributed by atoms with Crippen molar-refractivity contribution in [3.63, 3.8) is 0 Å². The molecule has 0 aliphatic heterocycles. The van der Waals surface area contributed by atoms with Gasteiger partial charge in [0.1, 0.15) is 5.82 Å². The second-order valence-electron chi connectivity index (χ2n) is 3.48. The van der Waals surface area contributed by atoms with Gasteiger partial charge in [-0.1, -0.05) is 22.0 Å². The van der Waals surface area contributed by atoms with Gasteiger partial charge < -0.3 is 5.73 Å². The largest absolute Gasteiger partial charge is 0.327 e. The first kappa shape index (κ1) is 13.0. The predicted octanol–water partition coefficient (Wildman–Crippen LogP) is 3.21. The number of rotatable bonds is 5. The molecule has 2 N–H and O–H groups in total. The van der Waals surface area contributed by atoms with Crippen molar-refractivity contribution in [3.8, 4) is 0 Å². The van der Waals surface area contributed by atoms with Crippen molar-refractivity contribution in [3.05, 3.63) is 34.1 Å². The third kappa shape index (κ3) is 4.53. The molecule has 84 valence electrons. The first-order valence-electron chi connectivity index (χ1n) is 4.82. The Labute approximate surface area is 103 Å². The van der Waals surface area contributed by atoms with Gasteiger partial charge in [-0.25, -0.2) is 4.39 Å². The van der Waals surface area contributed by atoms with Crippen LogP contribution in [0, 0.1) is 5.82 Å². The topological polar surface area (TPSA) is 26.0 Å². The van der Waals surface area contributed by atoms with Crippen LogP contribution in [0.4, 0.5) is 4.39 Å². The van der Waals surface area contributed by atoms with Gasteiger partial charge in [-0.3, -0.25) is 0 Å². The molecule has 0 heterocycles. The predicted molar refractivity (Wildman–Crippen MR) is 68.8 cm³/mol. The highest BCUT2D eigenvalue weighted by molar-refractivity contribution is 9.10. The monoisotopic (exact) mass is 291 g/mol. The molecule has 0 aliphatic carbocycles. The molecule has 1 aromatic carbocycles. The average molecular weight is 292 g/mol. The van der Waals surface area contributed by atoms with Crippen LogP contribution in [0.15, 0.2) is 22.7 Å². The second kappa shape index (κ2) is 6.51. The molecule has 1 unspecified atom stereocenters. The van der Waals surface area contributed by atoms with Crippen molar-refractivity contribution in [1.82, 2.24) is 0 Å². The third-order valence-electron chi connectivity index (χ3n) is 2.19. The van der Waals surface area contributed by atoms with Crippen LogP contribution in [0.2, 0.25) is 0 Å². The van der Waals surface area contributed by atoms with E-state index in [0.29, 0.717) is 0 Å². The summed E-state index contributed by atoms with van der Waals surface area (Å²) in [7, 11) is 0. The van der Waals surface area contributed by atoms with Crippen molar-refractivity contribution in [1.29, 1.82) is 0 Å². The maximum atomic E-state index is 12.8. The third-order valence-corrected chi connectivity index (χ3v) is 3.57. The van der Waals surface area contributed by atoms with Crippen molar-refractivity contribution in [2.45, 2.75) is 18.9 Å². The number of benzene rings is 1. The molecule has 0 amide bonds. The molecule has 0 saturated heterocycles. The van der Waals surface area contributed by atoms with Crippen LogP contribution in [-0.2, 0) is 6.42 Å². The maximum Gasteiger partial charge on any atom is 0.124 e. The number of halogens is 2. The van der Waals surface area contributed by atoms with E-state index in [9.17, 15) is 4.39 Å². The van der Waals surface area contributed by atoms with E-state index in [1.54, 1.807) is 17.8 Å². The summed E-state index contributed by atoms with van der Waals surface area (Å²) in [5.41, 5.74) is 7.04. The Morgan fingerprint density at radius 2 is 2.27 bits per heavy atom. The van der Waals surface area contributed by atoms with Crippen LogP contribution in [0.1, 0.15) is 12.0 Å². The minimum atomic E-state index is -0.219. The smallest absolute Gasteiger partial charge is 0.124 e. The molecule has 15 heavy (non-hydrogen) atoms. The molecular weight excluding hydrogens is 277 g/mol. The molecule has 1 rings (SSSR count). The molecule has 1 atom stereocenters. The van der Waals surface area contributed by atoms with Gasteiger partial charge in [0, 0.05) is 10.5 Å². The molecule has 0 aliphatic rings. The average Bonchev–Trinajstić information content (AvgIpc) is 2.19. The van der Waals surface area contributed by atoms with Gasteiger partial charge in [0.25, 0.3) is 0 Å². The molecule has 4 heteroatoms. The van der Waals surface area contributed by atoms with Gasteiger partial charge in [-0.05, 0) is 42.5 Å². The normalized spacial score (nSPS) is 12.8. The molecule has 0 aromatic heterocycles. The fourth-order valence-corrected chi connectivity index (χ4v) is 2.39. The highest BCUT2D eigenvalue weighted by atomic mass is 79.9. The molecule has 0 radical (unpaired) electrons. The summed E-state index contributed by atoms with van der Waals surface area (Å²) in [5, 5.41) is 0. The Morgan fingerprint density at radius 3 is 2.87 bits per heavy atom. The fraction of sp³-hybridized carbons (Fsp3) is 0.455. The van der Waals surface area contributed by atoms with E-state index in [2.05, 4.69) is 22.2 Å². The van der Waals surface area contributed by atoms with Gasteiger partial charge >= 0.3 is 0 Å². The van der Waals surface area contributed by atoms with Gasteiger partial charge in [0.05, 0.1) is 0 Å². The van der Waals surface area contributed by atoms with Crippen LogP contribution < -0.4 is 5.73 Å². The molecule has 0 fully saturated rings. The molecule has 0 bridgehead atoms. The van der Waals surface area contributed by atoms with Crippen LogP contribution in [0.5, 0.6) is 0 Å². The molecule has 1 aromatic rings. The molecule has 0 saturated carbocycles. The number of thioether (sulfide) groups is 1. The van der Waals surface area contributed by atoms with Crippen molar-refractivity contribution in [2.24, 2.45) is 5.73 Å². The zero-order valence-corrected chi connectivity index (χ0v) is 11.1. The van der Waals surface area contributed by atoms with E-state index in [4.69, 9.17) is 5.73 Å². The van der Waals surface area contributed by atoms with E-state index < -0.39 is 0 Å². The number of hydrogen-bond donors (Lipinski definition) is 1. The van der Waals surface area contributed by atoms with Gasteiger partial charge in [-0.15, -0.1) is 0 Å². The summed E-state index contributed by atoms with van der Waals surface area (Å²) >= 11 is 5.14. The Balaban J connectivity index is 2.56. The fourth-order valence-electron chi connectivity index (χ4n) is 1.34. The number of nitrogens with two attached hydrogens (primary N) is 1. The van der Waals surface area contributed by atoms with E-state index in [-0.39, 0.29) is 11.9 Å². The summed E-state index contributed by atoms with van der Waals surface area (Å²) in [6, 6.07) is 4.90. The first-order valence-corrected chi connectivity index (χ1v) is 7.00. The summed E-state index contributed by atoms with van der Waals surface area (Å²) in [6.45, 7) is 0. The highest BCUT2D eigenvalue weighted by Crippen LogP contribution is 2.19. The van der Waals surface area contributed by atoms with E-state index in [0.717, 1.165) is 28.6 Å². The quantitative estimate of drug-likeness (QED) is 0.902. The standard InChI is InChI=1S/C11H15BrFNS/c1-15-5-4-10(14)6-8-2-3-9(13)7-11(8)12/h2-3,7,10H,4-6,14H2,1H3. The highest BCUT2D eigenvalue weighted by Gasteiger charge is 2.07. The minimum Gasteiger partial charge on any atom is -0.327 e. The van der Waals surface area contributed by atoms with E-state index in [1.807, 2.05) is 0 Å². The summed E-state index contributed by atoms with van der Waals surface area (Å²) in [6.07, 6.45) is 3.85. The van der Waals surface area contributed by atoms with E-state index >= 15 is 0 Å². The van der Waals surface area contributed by atoms with Gasteiger partial charge in [0.15, 0.2) is 0 Å². The lowest BCUT2D eigenvalue weighted by Gasteiger charge is -2.12.